The van der Waals surface area contributed by atoms with Crippen molar-refractivity contribution >= 4 is 35.1 Å². The van der Waals surface area contributed by atoms with Crippen molar-refractivity contribution in [2.45, 2.75) is 18.8 Å². The molecule has 20 heavy (non-hydrogen) atoms. The Labute approximate surface area is 127 Å². The van der Waals surface area contributed by atoms with Gasteiger partial charge >= 0.3 is 5.97 Å². The smallest absolute Gasteiger partial charge is 0.307 e. The first kappa shape index (κ1) is 15.1. The third kappa shape index (κ3) is 3.64. The maximum atomic E-state index is 11.9. The minimum Gasteiger partial charge on any atom is -0.469 e. The average molecular weight is 316 g/mol. The number of halogens is 2. The van der Waals surface area contributed by atoms with Gasteiger partial charge in [-0.15, -0.1) is 0 Å². The van der Waals surface area contributed by atoms with Crippen molar-refractivity contribution < 1.29 is 14.3 Å². The second kappa shape index (κ2) is 6.46. The Morgan fingerprint density at radius 2 is 2.10 bits per heavy atom. The molecule has 2 atom stereocenters. The van der Waals surface area contributed by atoms with E-state index in [1.54, 1.807) is 12.1 Å². The highest BCUT2D eigenvalue weighted by atomic mass is 35.5. The van der Waals surface area contributed by atoms with Crippen LogP contribution in [0.5, 0.6) is 0 Å². The molecule has 0 bridgehead atoms. The van der Waals surface area contributed by atoms with Crippen LogP contribution < -0.4 is 5.32 Å². The Bertz CT molecular complexity index is 533. The molecule has 0 aliphatic heterocycles. The fourth-order valence-electron chi connectivity index (χ4n) is 2.12. The quantitative estimate of drug-likeness (QED) is 0.850. The van der Waals surface area contributed by atoms with Crippen LogP contribution >= 0.6 is 23.2 Å². The van der Waals surface area contributed by atoms with Gasteiger partial charge < -0.3 is 10.1 Å². The monoisotopic (exact) mass is 315 g/mol. The molecule has 1 aliphatic rings. The Morgan fingerprint density at radius 1 is 1.35 bits per heavy atom. The minimum absolute atomic E-state index is 0.0371. The molecule has 0 spiro atoms. The van der Waals surface area contributed by atoms with Crippen LogP contribution in [0.2, 0.25) is 10.0 Å². The van der Waals surface area contributed by atoms with Gasteiger partial charge in [-0.3, -0.25) is 9.59 Å². The summed E-state index contributed by atoms with van der Waals surface area (Å²) < 4.78 is 4.51. The average Bonchev–Trinajstić information content (AvgIpc) is 3.22. The molecule has 0 unspecified atom stereocenters. The summed E-state index contributed by atoms with van der Waals surface area (Å²) in [6.07, 6.45) is 0.981. The zero-order valence-electron chi connectivity index (χ0n) is 11.0. The second-order valence-electron chi connectivity index (χ2n) is 4.74. The van der Waals surface area contributed by atoms with Crippen LogP contribution in [0.4, 0.5) is 0 Å². The molecule has 1 aromatic rings. The van der Waals surface area contributed by atoms with E-state index in [4.69, 9.17) is 23.2 Å². The van der Waals surface area contributed by atoms with E-state index >= 15 is 0 Å². The summed E-state index contributed by atoms with van der Waals surface area (Å²) in [5.41, 5.74) is 1.02. The van der Waals surface area contributed by atoms with Gasteiger partial charge in [0.15, 0.2) is 0 Å². The SMILES string of the molecule is COC(=O)CCNC(=O)[C@@H]1C[C@H]1c1ccc(Cl)c(Cl)c1. The summed E-state index contributed by atoms with van der Waals surface area (Å²) in [6.45, 7) is 0.302. The van der Waals surface area contributed by atoms with Gasteiger partial charge in [0.05, 0.1) is 23.6 Å². The second-order valence-corrected chi connectivity index (χ2v) is 5.55. The molecular formula is C14H15Cl2NO3. The van der Waals surface area contributed by atoms with Crippen LogP contribution in [0.15, 0.2) is 18.2 Å². The molecule has 1 saturated carbocycles. The summed E-state index contributed by atoms with van der Waals surface area (Å²) in [4.78, 5) is 22.8. The maximum Gasteiger partial charge on any atom is 0.307 e. The van der Waals surface area contributed by atoms with Gasteiger partial charge in [-0.05, 0) is 30.0 Å². The Morgan fingerprint density at radius 3 is 2.75 bits per heavy atom. The van der Waals surface area contributed by atoms with E-state index in [0.717, 1.165) is 12.0 Å². The lowest BCUT2D eigenvalue weighted by atomic mass is 10.1. The molecule has 2 rings (SSSR count). The standard InChI is InChI=1S/C14H15Cl2NO3/c1-20-13(18)4-5-17-14(19)10-7-9(10)8-2-3-11(15)12(16)6-8/h2-3,6,9-10H,4-5,7H2,1H3,(H,17,19)/t9-,10+/m0/s1. The number of esters is 1. The fourth-order valence-corrected chi connectivity index (χ4v) is 2.42. The van der Waals surface area contributed by atoms with Gasteiger partial charge in [-0.2, -0.15) is 0 Å². The molecule has 1 fully saturated rings. The largest absolute Gasteiger partial charge is 0.469 e. The van der Waals surface area contributed by atoms with Gasteiger partial charge in [0.1, 0.15) is 0 Å². The van der Waals surface area contributed by atoms with E-state index in [1.165, 1.54) is 7.11 Å². The lowest BCUT2D eigenvalue weighted by Gasteiger charge is -2.05. The van der Waals surface area contributed by atoms with E-state index in [9.17, 15) is 9.59 Å². The van der Waals surface area contributed by atoms with Crippen molar-refractivity contribution in [3.8, 4) is 0 Å². The van der Waals surface area contributed by atoms with Crippen molar-refractivity contribution in [3.05, 3.63) is 33.8 Å². The number of benzene rings is 1. The van der Waals surface area contributed by atoms with Crippen LogP contribution in [0.1, 0.15) is 24.3 Å². The highest BCUT2D eigenvalue weighted by molar-refractivity contribution is 6.42. The van der Waals surface area contributed by atoms with Gasteiger partial charge in [-0.25, -0.2) is 0 Å². The summed E-state index contributed by atoms with van der Waals surface area (Å²) in [5.74, 6) is -0.236. The predicted molar refractivity (Wildman–Crippen MR) is 77.0 cm³/mol. The summed E-state index contributed by atoms with van der Waals surface area (Å²) in [5, 5.41) is 3.75. The lowest BCUT2D eigenvalue weighted by Crippen LogP contribution is -2.28. The number of carbonyl (C=O) groups is 2. The fraction of sp³-hybridized carbons (Fsp3) is 0.429. The van der Waals surface area contributed by atoms with Crippen molar-refractivity contribution in [2.24, 2.45) is 5.92 Å². The highest BCUT2D eigenvalue weighted by Gasteiger charge is 2.43. The number of carbonyl (C=O) groups excluding carboxylic acids is 2. The van der Waals surface area contributed by atoms with Crippen LogP contribution in [-0.2, 0) is 14.3 Å². The number of rotatable bonds is 5. The molecule has 1 aromatic carbocycles. The van der Waals surface area contributed by atoms with Crippen LogP contribution in [-0.4, -0.2) is 25.5 Å². The third-order valence-corrected chi connectivity index (χ3v) is 4.09. The zero-order valence-corrected chi connectivity index (χ0v) is 12.5. The first-order valence-electron chi connectivity index (χ1n) is 6.32. The molecule has 108 valence electrons. The molecule has 4 nitrogen and oxygen atoms in total. The van der Waals surface area contributed by atoms with Gasteiger partial charge in [0.2, 0.25) is 5.91 Å². The highest BCUT2D eigenvalue weighted by Crippen LogP contribution is 2.48. The molecule has 1 aliphatic carbocycles. The Hall–Kier alpha value is -1.26. The first-order valence-corrected chi connectivity index (χ1v) is 7.08. The summed E-state index contributed by atoms with van der Waals surface area (Å²) in [7, 11) is 1.32. The van der Waals surface area contributed by atoms with Gasteiger partial charge in [0, 0.05) is 12.5 Å². The number of hydrogen-bond acceptors (Lipinski definition) is 3. The number of amides is 1. The number of nitrogens with one attached hydrogen (secondary N) is 1. The van der Waals surface area contributed by atoms with E-state index in [2.05, 4.69) is 10.1 Å². The number of methoxy groups -OCH3 is 1. The van der Waals surface area contributed by atoms with Crippen molar-refractivity contribution in [2.75, 3.05) is 13.7 Å². The Balaban J connectivity index is 1.83. The van der Waals surface area contributed by atoms with Gasteiger partial charge in [-0.1, -0.05) is 29.3 Å². The topological polar surface area (TPSA) is 55.4 Å². The molecule has 1 N–H and O–H groups in total. The minimum atomic E-state index is -0.331. The van der Waals surface area contributed by atoms with E-state index in [-0.39, 0.29) is 30.1 Å². The zero-order chi connectivity index (χ0) is 14.7. The molecular weight excluding hydrogens is 301 g/mol. The van der Waals surface area contributed by atoms with E-state index in [1.807, 2.05) is 6.07 Å². The lowest BCUT2D eigenvalue weighted by molar-refractivity contribution is -0.140. The molecule has 1 amide bonds. The van der Waals surface area contributed by atoms with E-state index in [0.29, 0.717) is 16.6 Å². The molecule has 0 aromatic heterocycles. The predicted octanol–water partition coefficient (Wildman–Crippen LogP) is 2.78. The Kier molecular flexibility index (Phi) is 4.89. The summed E-state index contributed by atoms with van der Waals surface area (Å²) >= 11 is 11.8. The summed E-state index contributed by atoms with van der Waals surface area (Å²) in [6, 6.07) is 5.43. The molecule has 0 radical (unpaired) electrons. The molecule has 0 saturated heterocycles. The van der Waals surface area contributed by atoms with Crippen molar-refractivity contribution in [1.29, 1.82) is 0 Å². The number of ether oxygens (including phenoxy) is 1. The first-order chi connectivity index (χ1) is 9.52. The van der Waals surface area contributed by atoms with Crippen LogP contribution in [0, 0.1) is 5.92 Å². The van der Waals surface area contributed by atoms with Gasteiger partial charge in [0.25, 0.3) is 0 Å². The van der Waals surface area contributed by atoms with Crippen LogP contribution in [0.3, 0.4) is 0 Å². The van der Waals surface area contributed by atoms with Crippen molar-refractivity contribution in [1.82, 2.24) is 5.32 Å². The maximum absolute atomic E-state index is 11.9. The normalized spacial score (nSPS) is 20.4. The third-order valence-electron chi connectivity index (χ3n) is 3.36. The van der Waals surface area contributed by atoms with E-state index < -0.39 is 0 Å². The molecule has 6 heteroatoms. The van der Waals surface area contributed by atoms with Crippen molar-refractivity contribution in [3.63, 3.8) is 0 Å². The van der Waals surface area contributed by atoms with Crippen LogP contribution in [0.25, 0.3) is 0 Å². The molecule has 0 heterocycles. The number of hydrogen-bond donors (Lipinski definition) is 1.